The van der Waals surface area contributed by atoms with E-state index in [2.05, 4.69) is 19.2 Å². The Morgan fingerprint density at radius 2 is 1.91 bits per heavy atom. The zero-order chi connectivity index (χ0) is 8.16. The van der Waals surface area contributed by atoms with Crippen LogP contribution in [0.15, 0.2) is 0 Å². The van der Waals surface area contributed by atoms with Crippen LogP contribution >= 0.6 is 0 Å². The van der Waals surface area contributed by atoms with Crippen molar-refractivity contribution in [2.45, 2.75) is 45.3 Å². The first-order valence-electron chi connectivity index (χ1n) is 4.72. The van der Waals surface area contributed by atoms with Crippen molar-refractivity contribution in [2.75, 3.05) is 13.2 Å². The van der Waals surface area contributed by atoms with Crippen LogP contribution in [0, 0.1) is 0 Å². The average molecular weight is 157 g/mol. The van der Waals surface area contributed by atoms with E-state index in [0.29, 0.717) is 0 Å². The van der Waals surface area contributed by atoms with Gasteiger partial charge in [-0.05, 0) is 39.2 Å². The van der Waals surface area contributed by atoms with Gasteiger partial charge in [-0.15, -0.1) is 0 Å². The number of ether oxygens (including phenoxy) is 1. The molecule has 1 aliphatic rings. The van der Waals surface area contributed by atoms with Crippen LogP contribution in [0.2, 0.25) is 0 Å². The van der Waals surface area contributed by atoms with Crippen molar-refractivity contribution < 1.29 is 4.74 Å². The second kappa shape index (κ2) is 4.07. The molecule has 0 unspecified atom stereocenters. The first-order chi connectivity index (χ1) is 5.33. The van der Waals surface area contributed by atoms with Crippen molar-refractivity contribution >= 4 is 0 Å². The van der Waals surface area contributed by atoms with Crippen molar-refractivity contribution in [3.63, 3.8) is 0 Å². The smallest absolute Gasteiger partial charge is 0.119 e. The van der Waals surface area contributed by atoms with Gasteiger partial charge in [-0.3, -0.25) is 5.32 Å². The lowest BCUT2D eigenvalue weighted by molar-refractivity contribution is -0.0588. The van der Waals surface area contributed by atoms with Gasteiger partial charge in [0.1, 0.15) is 5.72 Å². The maximum Gasteiger partial charge on any atom is 0.119 e. The van der Waals surface area contributed by atoms with Gasteiger partial charge in [0, 0.05) is 6.61 Å². The number of nitrogens with one attached hydrogen (secondary N) is 1. The van der Waals surface area contributed by atoms with Gasteiger partial charge in [0.25, 0.3) is 0 Å². The lowest BCUT2D eigenvalue weighted by Crippen LogP contribution is -2.45. The van der Waals surface area contributed by atoms with Gasteiger partial charge < -0.3 is 4.74 Å². The second-order valence-electron chi connectivity index (χ2n) is 3.16. The predicted octanol–water partition coefficient (Wildman–Crippen LogP) is 1.90. The summed E-state index contributed by atoms with van der Waals surface area (Å²) in [7, 11) is 0. The minimum absolute atomic E-state index is 0.0451. The van der Waals surface area contributed by atoms with E-state index in [0.717, 1.165) is 13.2 Å². The van der Waals surface area contributed by atoms with Crippen LogP contribution in [0.1, 0.15) is 39.5 Å². The maximum atomic E-state index is 5.72. The maximum absolute atomic E-state index is 5.72. The molecule has 1 saturated carbocycles. The Labute approximate surface area is 69.3 Å². The van der Waals surface area contributed by atoms with Gasteiger partial charge in [0.15, 0.2) is 0 Å². The summed E-state index contributed by atoms with van der Waals surface area (Å²) in [4.78, 5) is 0. The molecule has 0 aromatic carbocycles. The summed E-state index contributed by atoms with van der Waals surface area (Å²) in [5.74, 6) is 0. The Bertz CT molecular complexity index is 100. The van der Waals surface area contributed by atoms with Gasteiger partial charge in [-0.1, -0.05) is 6.92 Å². The fraction of sp³-hybridized carbons (Fsp3) is 1.00. The summed E-state index contributed by atoms with van der Waals surface area (Å²) in [6.07, 6.45) is 5.00. The highest BCUT2D eigenvalue weighted by Crippen LogP contribution is 2.30. The van der Waals surface area contributed by atoms with Crippen molar-refractivity contribution in [3.8, 4) is 0 Å². The fourth-order valence-corrected chi connectivity index (χ4v) is 1.92. The molecule has 0 aliphatic heterocycles. The van der Waals surface area contributed by atoms with Crippen molar-refractivity contribution in [1.82, 2.24) is 5.32 Å². The minimum atomic E-state index is 0.0451. The predicted molar refractivity (Wildman–Crippen MR) is 46.5 cm³/mol. The van der Waals surface area contributed by atoms with Crippen LogP contribution in [0.25, 0.3) is 0 Å². The highest BCUT2D eigenvalue weighted by atomic mass is 16.5. The van der Waals surface area contributed by atoms with E-state index in [1.165, 1.54) is 25.7 Å². The Morgan fingerprint density at radius 1 is 1.27 bits per heavy atom. The zero-order valence-corrected chi connectivity index (χ0v) is 7.65. The van der Waals surface area contributed by atoms with E-state index in [1.54, 1.807) is 0 Å². The molecule has 0 amide bonds. The second-order valence-corrected chi connectivity index (χ2v) is 3.16. The minimum Gasteiger partial charge on any atom is -0.361 e. The molecule has 0 radical (unpaired) electrons. The highest BCUT2D eigenvalue weighted by Gasteiger charge is 2.32. The third-order valence-corrected chi connectivity index (χ3v) is 2.33. The summed E-state index contributed by atoms with van der Waals surface area (Å²) in [6.45, 7) is 6.05. The van der Waals surface area contributed by atoms with E-state index >= 15 is 0 Å². The highest BCUT2D eigenvalue weighted by molar-refractivity contribution is 4.83. The van der Waals surface area contributed by atoms with E-state index in [-0.39, 0.29) is 5.72 Å². The lowest BCUT2D eigenvalue weighted by atomic mass is 10.2. The molecule has 1 aliphatic carbocycles. The average Bonchev–Trinajstić information content (AvgIpc) is 2.39. The molecule has 1 fully saturated rings. The lowest BCUT2D eigenvalue weighted by Gasteiger charge is -2.29. The fourth-order valence-electron chi connectivity index (χ4n) is 1.92. The third kappa shape index (κ3) is 2.17. The van der Waals surface area contributed by atoms with Crippen molar-refractivity contribution in [3.05, 3.63) is 0 Å². The van der Waals surface area contributed by atoms with E-state index in [1.807, 2.05) is 0 Å². The standard InChI is InChI=1S/C9H19NO/c1-3-10-9(11-4-2)7-5-6-8-9/h10H,3-8H2,1-2H3. The molecular weight excluding hydrogens is 138 g/mol. The Hall–Kier alpha value is -0.0800. The number of hydrogen-bond acceptors (Lipinski definition) is 2. The van der Waals surface area contributed by atoms with Gasteiger partial charge in [0.05, 0.1) is 0 Å². The van der Waals surface area contributed by atoms with Crippen LogP contribution in [0.4, 0.5) is 0 Å². The molecule has 0 spiro atoms. The molecular formula is C9H19NO. The molecule has 1 rings (SSSR count). The SMILES string of the molecule is CCNC1(OCC)CCCC1. The summed E-state index contributed by atoms with van der Waals surface area (Å²) in [5.41, 5.74) is 0.0451. The van der Waals surface area contributed by atoms with E-state index in [9.17, 15) is 0 Å². The molecule has 0 atom stereocenters. The molecule has 1 N–H and O–H groups in total. The number of hydrogen-bond donors (Lipinski definition) is 1. The van der Waals surface area contributed by atoms with E-state index in [4.69, 9.17) is 4.74 Å². The molecule has 0 bridgehead atoms. The number of rotatable bonds is 4. The van der Waals surface area contributed by atoms with Gasteiger partial charge in [-0.2, -0.15) is 0 Å². The Balaban J connectivity index is 2.40. The quantitative estimate of drug-likeness (QED) is 0.629. The Morgan fingerprint density at radius 3 is 2.36 bits per heavy atom. The largest absolute Gasteiger partial charge is 0.361 e. The van der Waals surface area contributed by atoms with Crippen LogP contribution in [-0.4, -0.2) is 18.9 Å². The van der Waals surface area contributed by atoms with Gasteiger partial charge >= 0.3 is 0 Å². The summed E-state index contributed by atoms with van der Waals surface area (Å²) < 4.78 is 5.72. The normalized spacial score (nSPS) is 22.4. The molecule has 0 heterocycles. The van der Waals surface area contributed by atoms with Crippen LogP contribution in [0.3, 0.4) is 0 Å². The van der Waals surface area contributed by atoms with Crippen LogP contribution in [0.5, 0.6) is 0 Å². The van der Waals surface area contributed by atoms with Crippen molar-refractivity contribution in [1.29, 1.82) is 0 Å². The molecule has 66 valence electrons. The summed E-state index contributed by atoms with van der Waals surface area (Å²) in [6, 6.07) is 0. The first-order valence-corrected chi connectivity index (χ1v) is 4.72. The van der Waals surface area contributed by atoms with Crippen LogP contribution < -0.4 is 5.32 Å². The molecule has 0 aromatic rings. The van der Waals surface area contributed by atoms with Gasteiger partial charge in [-0.25, -0.2) is 0 Å². The van der Waals surface area contributed by atoms with E-state index < -0.39 is 0 Å². The topological polar surface area (TPSA) is 21.3 Å². The van der Waals surface area contributed by atoms with Crippen molar-refractivity contribution in [2.24, 2.45) is 0 Å². The summed E-state index contributed by atoms with van der Waals surface area (Å²) >= 11 is 0. The molecule has 11 heavy (non-hydrogen) atoms. The summed E-state index contributed by atoms with van der Waals surface area (Å²) in [5, 5.41) is 3.44. The third-order valence-electron chi connectivity index (χ3n) is 2.33. The molecule has 0 saturated heterocycles. The molecule has 0 aromatic heterocycles. The van der Waals surface area contributed by atoms with Crippen LogP contribution in [-0.2, 0) is 4.74 Å². The van der Waals surface area contributed by atoms with Gasteiger partial charge in [0.2, 0.25) is 0 Å². The molecule has 2 nitrogen and oxygen atoms in total. The first kappa shape index (κ1) is 9.01. The monoisotopic (exact) mass is 157 g/mol. The Kier molecular flexibility index (Phi) is 3.34. The zero-order valence-electron chi connectivity index (χ0n) is 7.65. The molecule has 2 heteroatoms.